The van der Waals surface area contributed by atoms with Crippen molar-refractivity contribution in [3.8, 4) is 23.3 Å². The van der Waals surface area contributed by atoms with Gasteiger partial charge in [0.25, 0.3) is 0 Å². The van der Waals surface area contributed by atoms with E-state index >= 15 is 0 Å². The van der Waals surface area contributed by atoms with E-state index in [4.69, 9.17) is 14.2 Å². The van der Waals surface area contributed by atoms with Gasteiger partial charge in [0.2, 0.25) is 6.79 Å². The van der Waals surface area contributed by atoms with Crippen molar-refractivity contribution < 1.29 is 19.0 Å². The van der Waals surface area contributed by atoms with E-state index in [9.17, 15) is 10.1 Å². The van der Waals surface area contributed by atoms with Crippen LogP contribution in [0.5, 0.6) is 17.2 Å². The maximum absolute atomic E-state index is 12.4. The van der Waals surface area contributed by atoms with Crippen LogP contribution in [0.25, 0.3) is 6.08 Å². The number of nitriles is 1. The first-order chi connectivity index (χ1) is 12.5. The third kappa shape index (κ3) is 3.42. The lowest BCUT2D eigenvalue weighted by Gasteiger charge is -2.07. The van der Waals surface area contributed by atoms with Gasteiger partial charge in [-0.15, -0.1) is 0 Å². The van der Waals surface area contributed by atoms with E-state index in [0.717, 1.165) is 29.9 Å². The summed E-state index contributed by atoms with van der Waals surface area (Å²) in [4.78, 5) is 12.4. The molecule has 0 N–H and O–H groups in total. The molecule has 134 valence electrons. The Bertz CT molecular complexity index is 919. The minimum atomic E-state index is -0.702. The highest BCUT2D eigenvalue weighted by molar-refractivity contribution is 5.99. The second-order valence-electron chi connectivity index (χ2n) is 6.05. The number of aromatic nitrogens is 1. The maximum atomic E-state index is 12.4. The first kappa shape index (κ1) is 17.6. The van der Waals surface area contributed by atoms with Crippen molar-refractivity contribution in [3.05, 3.63) is 46.8 Å². The fraction of sp³-hybridized carbons (Fsp3) is 0.300. The van der Waals surface area contributed by atoms with E-state index in [2.05, 4.69) is 11.5 Å². The molecule has 0 saturated carbocycles. The summed E-state index contributed by atoms with van der Waals surface area (Å²) in [5.74, 6) is 0.716. The normalized spacial score (nSPS) is 12.8. The third-order valence-corrected chi connectivity index (χ3v) is 4.25. The zero-order valence-corrected chi connectivity index (χ0v) is 15.0. The molecule has 1 aliphatic heterocycles. The van der Waals surface area contributed by atoms with Gasteiger partial charge in [-0.2, -0.15) is 5.26 Å². The van der Waals surface area contributed by atoms with Gasteiger partial charge in [0.15, 0.2) is 11.5 Å². The quantitative estimate of drug-likeness (QED) is 0.355. The highest BCUT2D eigenvalue weighted by Crippen LogP contribution is 2.35. The van der Waals surface area contributed by atoms with Gasteiger partial charge in [0, 0.05) is 24.0 Å². The standard InChI is InChI=1S/C20H20N2O4/c1-4-7-22-13(2)8-15(14(22)3)9-16(11-21)20(23)26-17-5-6-18-19(10-17)25-12-24-18/h5-6,8-10H,4,7,12H2,1-3H3/b16-9+. The second-order valence-corrected chi connectivity index (χ2v) is 6.05. The molecule has 6 nitrogen and oxygen atoms in total. The van der Waals surface area contributed by atoms with Crippen LogP contribution in [0.4, 0.5) is 0 Å². The molecule has 0 atom stereocenters. The molecule has 6 heteroatoms. The highest BCUT2D eigenvalue weighted by atomic mass is 16.7. The Hall–Kier alpha value is -3.20. The summed E-state index contributed by atoms with van der Waals surface area (Å²) in [6.07, 6.45) is 2.58. The van der Waals surface area contributed by atoms with Gasteiger partial charge in [-0.05, 0) is 50.1 Å². The highest BCUT2D eigenvalue weighted by Gasteiger charge is 2.18. The summed E-state index contributed by atoms with van der Waals surface area (Å²) in [5.41, 5.74) is 2.90. The van der Waals surface area contributed by atoms with Crippen LogP contribution < -0.4 is 14.2 Å². The fourth-order valence-corrected chi connectivity index (χ4v) is 2.94. The van der Waals surface area contributed by atoms with Gasteiger partial charge in [0.1, 0.15) is 17.4 Å². The smallest absolute Gasteiger partial charge is 0.354 e. The van der Waals surface area contributed by atoms with Crippen molar-refractivity contribution >= 4 is 12.0 Å². The van der Waals surface area contributed by atoms with Crippen molar-refractivity contribution in [2.75, 3.05) is 6.79 Å². The van der Waals surface area contributed by atoms with Crippen LogP contribution in [0.2, 0.25) is 0 Å². The SMILES string of the molecule is CCCn1c(C)cc(/C=C(\C#N)C(=O)Oc2ccc3c(c2)OCO3)c1C. The summed E-state index contributed by atoms with van der Waals surface area (Å²) in [6, 6.07) is 8.74. The minimum Gasteiger partial charge on any atom is -0.454 e. The Morgan fingerprint density at radius 2 is 2.08 bits per heavy atom. The number of ether oxygens (including phenoxy) is 3. The van der Waals surface area contributed by atoms with Gasteiger partial charge in [-0.25, -0.2) is 4.79 Å². The van der Waals surface area contributed by atoms with Crippen molar-refractivity contribution in [1.82, 2.24) is 4.57 Å². The summed E-state index contributed by atoms with van der Waals surface area (Å²) in [7, 11) is 0. The number of aryl methyl sites for hydroxylation is 1. The predicted molar refractivity (Wildman–Crippen MR) is 96.0 cm³/mol. The maximum Gasteiger partial charge on any atom is 0.354 e. The molecular formula is C20H20N2O4. The first-order valence-electron chi connectivity index (χ1n) is 8.43. The van der Waals surface area contributed by atoms with Gasteiger partial charge in [0.05, 0.1) is 0 Å². The zero-order chi connectivity index (χ0) is 18.7. The molecule has 2 aromatic rings. The molecule has 3 rings (SSSR count). The number of carbonyl (C=O) groups is 1. The van der Waals surface area contributed by atoms with Crippen LogP contribution in [0.15, 0.2) is 29.8 Å². The van der Waals surface area contributed by atoms with Crippen molar-refractivity contribution in [1.29, 1.82) is 5.26 Å². The average Bonchev–Trinajstić information content (AvgIpc) is 3.19. The predicted octanol–water partition coefficient (Wildman–Crippen LogP) is 3.76. The van der Waals surface area contributed by atoms with Crippen LogP contribution in [-0.4, -0.2) is 17.3 Å². The van der Waals surface area contributed by atoms with E-state index in [0.29, 0.717) is 17.2 Å². The molecule has 0 bridgehead atoms. The molecule has 0 saturated heterocycles. The largest absolute Gasteiger partial charge is 0.454 e. The zero-order valence-electron chi connectivity index (χ0n) is 15.0. The molecular weight excluding hydrogens is 332 g/mol. The molecule has 0 fully saturated rings. The van der Waals surface area contributed by atoms with E-state index in [1.165, 1.54) is 0 Å². The van der Waals surface area contributed by atoms with Gasteiger partial charge < -0.3 is 18.8 Å². The van der Waals surface area contributed by atoms with Crippen LogP contribution >= 0.6 is 0 Å². The number of hydrogen-bond donors (Lipinski definition) is 0. The van der Waals surface area contributed by atoms with Crippen LogP contribution in [-0.2, 0) is 11.3 Å². The van der Waals surface area contributed by atoms with Crippen molar-refractivity contribution in [2.45, 2.75) is 33.7 Å². The molecule has 1 aromatic carbocycles. The fourth-order valence-electron chi connectivity index (χ4n) is 2.94. The monoisotopic (exact) mass is 352 g/mol. The van der Waals surface area contributed by atoms with Crippen LogP contribution in [0.1, 0.15) is 30.3 Å². The molecule has 0 spiro atoms. The van der Waals surface area contributed by atoms with E-state index in [-0.39, 0.29) is 12.4 Å². The van der Waals surface area contributed by atoms with E-state index < -0.39 is 5.97 Å². The Morgan fingerprint density at radius 1 is 1.31 bits per heavy atom. The Balaban J connectivity index is 1.82. The summed E-state index contributed by atoms with van der Waals surface area (Å²) >= 11 is 0. The molecule has 1 aliphatic rings. The molecule has 0 aliphatic carbocycles. The van der Waals surface area contributed by atoms with E-state index in [1.54, 1.807) is 24.3 Å². The Morgan fingerprint density at radius 3 is 2.81 bits per heavy atom. The van der Waals surface area contributed by atoms with Crippen molar-refractivity contribution in [2.24, 2.45) is 0 Å². The topological polar surface area (TPSA) is 73.5 Å². The van der Waals surface area contributed by atoms with Gasteiger partial charge in [-0.1, -0.05) is 6.92 Å². The third-order valence-electron chi connectivity index (χ3n) is 4.25. The number of rotatable bonds is 5. The molecule has 1 aromatic heterocycles. The number of fused-ring (bicyclic) bond motifs is 1. The van der Waals surface area contributed by atoms with Crippen molar-refractivity contribution in [3.63, 3.8) is 0 Å². The molecule has 0 amide bonds. The van der Waals surface area contributed by atoms with Gasteiger partial charge in [-0.3, -0.25) is 0 Å². The lowest BCUT2D eigenvalue weighted by molar-refractivity contribution is -0.129. The van der Waals surface area contributed by atoms with Crippen LogP contribution in [0, 0.1) is 25.2 Å². The minimum absolute atomic E-state index is 0.0561. The first-order valence-corrected chi connectivity index (χ1v) is 8.43. The number of carbonyl (C=O) groups excluding carboxylic acids is 1. The molecule has 0 radical (unpaired) electrons. The second kappa shape index (κ2) is 7.36. The number of benzene rings is 1. The molecule has 2 heterocycles. The summed E-state index contributed by atoms with van der Waals surface area (Å²) in [5, 5.41) is 9.39. The molecule has 26 heavy (non-hydrogen) atoms. The van der Waals surface area contributed by atoms with Crippen LogP contribution in [0.3, 0.4) is 0 Å². The Labute approximate surface area is 152 Å². The van der Waals surface area contributed by atoms with E-state index in [1.807, 2.05) is 26.0 Å². The summed E-state index contributed by atoms with van der Waals surface area (Å²) < 4.78 is 18.0. The number of hydrogen-bond acceptors (Lipinski definition) is 5. The lowest BCUT2D eigenvalue weighted by Crippen LogP contribution is -2.10. The lowest BCUT2D eigenvalue weighted by atomic mass is 10.1. The summed E-state index contributed by atoms with van der Waals surface area (Å²) in [6.45, 7) is 7.14. The average molecular weight is 352 g/mol. The number of esters is 1. The molecule has 0 unspecified atom stereocenters. The number of nitrogens with zero attached hydrogens (tertiary/aromatic N) is 2. The Kier molecular flexibility index (Phi) is 4.99. The van der Waals surface area contributed by atoms with Gasteiger partial charge >= 0.3 is 5.97 Å².